The SMILES string of the molecule is Cc1ccc(CN(C)C(=O)COC(=O)CNC(=O)c2ccc3ccccc3c2)cc1. The van der Waals surface area contributed by atoms with Crippen molar-refractivity contribution in [2.45, 2.75) is 13.5 Å². The predicted molar refractivity (Wildman–Crippen MR) is 115 cm³/mol. The third-order valence-electron chi connectivity index (χ3n) is 4.73. The minimum Gasteiger partial charge on any atom is -0.454 e. The summed E-state index contributed by atoms with van der Waals surface area (Å²) < 4.78 is 4.99. The standard InChI is InChI=1S/C24H24N2O4/c1-17-7-9-18(10-8-17)15-26(2)22(27)16-30-23(28)14-25-24(29)21-12-11-19-5-3-4-6-20(19)13-21/h3-13H,14-16H2,1-2H3,(H,25,29). The van der Waals surface area contributed by atoms with Crippen molar-refractivity contribution >= 4 is 28.6 Å². The van der Waals surface area contributed by atoms with Gasteiger partial charge in [0.1, 0.15) is 6.54 Å². The van der Waals surface area contributed by atoms with Crippen LogP contribution in [-0.4, -0.2) is 42.9 Å². The summed E-state index contributed by atoms with van der Waals surface area (Å²) in [6.07, 6.45) is 0. The summed E-state index contributed by atoms with van der Waals surface area (Å²) >= 11 is 0. The van der Waals surface area contributed by atoms with Crippen molar-refractivity contribution in [3.8, 4) is 0 Å². The van der Waals surface area contributed by atoms with E-state index in [0.717, 1.165) is 21.9 Å². The highest BCUT2D eigenvalue weighted by molar-refractivity contribution is 5.99. The topological polar surface area (TPSA) is 75.7 Å². The Morgan fingerprint density at radius 2 is 1.63 bits per heavy atom. The fourth-order valence-corrected chi connectivity index (χ4v) is 2.94. The number of aryl methyl sites for hydroxylation is 1. The van der Waals surface area contributed by atoms with Crippen LogP contribution in [0.15, 0.2) is 66.7 Å². The van der Waals surface area contributed by atoms with E-state index < -0.39 is 5.97 Å². The van der Waals surface area contributed by atoms with Crippen molar-refractivity contribution < 1.29 is 19.1 Å². The number of hydrogen-bond donors (Lipinski definition) is 1. The molecule has 0 bridgehead atoms. The van der Waals surface area contributed by atoms with E-state index in [4.69, 9.17) is 4.74 Å². The molecule has 6 nitrogen and oxygen atoms in total. The first-order valence-electron chi connectivity index (χ1n) is 9.64. The number of carbonyl (C=O) groups is 3. The van der Waals surface area contributed by atoms with Gasteiger partial charge in [-0.1, -0.05) is 60.2 Å². The lowest BCUT2D eigenvalue weighted by Crippen LogP contribution is -2.34. The molecule has 0 heterocycles. The summed E-state index contributed by atoms with van der Waals surface area (Å²) in [5.41, 5.74) is 2.59. The summed E-state index contributed by atoms with van der Waals surface area (Å²) in [6, 6.07) is 20.9. The number of fused-ring (bicyclic) bond motifs is 1. The second-order valence-electron chi connectivity index (χ2n) is 7.14. The van der Waals surface area contributed by atoms with Gasteiger partial charge in [0.15, 0.2) is 6.61 Å². The number of benzene rings is 3. The summed E-state index contributed by atoms with van der Waals surface area (Å²) in [6.45, 7) is 1.75. The van der Waals surface area contributed by atoms with Gasteiger partial charge in [0.05, 0.1) is 0 Å². The minimum absolute atomic E-state index is 0.305. The Hall–Kier alpha value is -3.67. The van der Waals surface area contributed by atoms with Crippen LogP contribution < -0.4 is 5.32 Å². The van der Waals surface area contributed by atoms with E-state index >= 15 is 0 Å². The van der Waals surface area contributed by atoms with Gasteiger partial charge in [-0.15, -0.1) is 0 Å². The zero-order valence-corrected chi connectivity index (χ0v) is 17.1. The first kappa shape index (κ1) is 21.0. The van der Waals surface area contributed by atoms with Crippen LogP contribution in [0, 0.1) is 6.92 Å². The smallest absolute Gasteiger partial charge is 0.325 e. The van der Waals surface area contributed by atoms with E-state index in [2.05, 4.69) is 5.32 Å². The molecule has 0 spiro atoms. The minimum atomic E-state index is -0.666. The third kappa shape index (κ3) is 5.67. The maximum absolute atomic E-state index is 12.3. The molecule has 3 aromatic rings. The molecule has 30 heavy (non-hydrogen) atoms. The van der Waals surface area contributed by atoms with E-state index in [1.54, 1.807) is 19.2 Å². The van der Waals surface area contributed by atoms with Crippen LogP contribution >= 0.6 is 0 Å². The maximum Gasteiger partial charge on any atom is 0.325 e. The van der Waals surface area contributed by atoms with Gasteiger partial charge in [-0.2, -0.15) is 0 Å². The predicted octanol–water partition coefficient (Wildman–Crippen LogP) is 3.08. The molecule has 0 fully saturated rings. The van der Waals surface area contributed by atoms with Crippen molar-refractivity contribution in [2.75, 3.05) is 20.2 Å². The lowest BCUT2D eigenvalue weighted by molar-refractivity contribution is -0.150. The number of esters is 1. The number of nitrogens with one attached hydrogen (secondary N) is 1. The molecule has 6 heteroatoms. The van der Waals surface area contributed by atoms with Crippen LogP contribution in [0.5, 0.6) is 0 Å². The molecule has 0 radical (unpaired) electrons. The maximum atomic E-state index is 12.3. The van der Waals surface area contributed by atoms with Crippen LogP contribution in [0.3, 0.4) is 0 Å². The molecule has 2 amide bonds. The highest BCUT2D eigenvalue weighted by atomic mass is 16.5. The molecule has 0 aromatic heterocycles. The van der Waals surface area contributed by atoms with Crippen LogP contribution in [0.2, 0.25) is 0 Å². The van der Waals surface area contributed by atoms with Gasteiger partial charge in [0.25, 0.3) is 11.8 Å². The van der Waals surface area contributed by atoms with E-state index in [0.29, 0.717) is 12.1 Å². The average Bonchev–Trinajstić information content (AvgIpc) is 2.76. The van der Waals surface area contributed by atoms with Gasteiger partial charge in [-0.05, 0) is 35.4 Å². The molecule has 0 aliphatic heterocycles. The van der Waals surface area contributed by atoms with Crippen molar-refractivity contribution in [1.29, 1.82) is 0 Å². The Morgan fingerprint density at radius 3 is 2.37 bits per heavy atom. The van der Waals surface area contributed by atoms with Crippen LogP contribution in [0.25, 0.3) is 10.8 Å². The molecule has 3 rings (SSSR count). The Bertz CT molecular complexity index is 1060. The second-order valence-corrected chi connectivity index (χ2v) is 7.14. The van der Waals surface area contributed by atoms with Crippen LogP contribution in [0.1, 0.15) is 21.5 Å². The number of carbonyl (C=O) groups excluding carboxylic acids is 3. The first-order chi connectivity index (χ1) is 14.4. The number of ether oxygens (including phenoxy) is 1. The van der Waals surface area contributed by atoms with Gasteiger partial charge in [-0.3, -0.25) is 14.4 Å². The molecule has 0 saturated heterocycles. The molecule has 154 valence electrons. The van der Waals surface area contributed by atoms with E-state index in [9.17, 15) is 14.4 Å². The Kier molecular flexibility index (Phi) is 6.80. The third-order valence-corrected chi connectivity index (χ3v) is 4.73. The molecule has 0 atom stereocenters. The summed E-state index contributed by atoms with van der Waals surface area (Å²) in [4.78, 5) is 37.8. The Labute approximate surface area is 175 Å². The molecule has 1 N–H and O–H groups in total. The van der Waals surface area contributed by atoms with Crippen molar-refractivity contribution in [3.63, 3.8) is 0 Å². The van der Waals surface area contributed by atoms with Crippen LogP contribution in [-0.2, 0) is 20.9 Å². The fraction of sp³-hybridized carbons (Fsp3) is 0.208. The van der Waals surface area contributed by atoms with Gasteiger partial charge in [0, 0.05) is 19.2 Å². The Morgan fingerprint density at radius 1 is 0.933 bits per heavy atom. The summed E-state index contributed by atoms with van der Waals surface area (Å²) in [5, 5.41) is 4.49. The molecular formula is C24H24N2O4. The highest BCUT2D eigenvalue weighted by Gasteiger charge is 2.14. The quantitative estimate of drug-likeness (QED) is 0.614. The molecule has 0 aliphatic rings. The van der Waals surface area contributed by atoms with Gasteiger partial charge in [-0.25, -0.2) is 0 Å². The molecule has 0 unspecified atom stereocenters. The zero-order valence-electron chi connectivity index (χ0n) is 17.1. The van der Waals surface area contributed by atoms with E-state index in [1.165, 1.54) is 4.90 Å². The molecular weight excluding hydrogens is 380 g/mol. The van der Waals surface area contributed by atoms with E-state index in [1.807, 2.05) is 61.5 Å². The van der Waals surface area contributed by atoms with E-state index in [-0.39, 0.29) is 25.0 Å². The number of rotatable bonds is 7. The fourth-order valence-electron chi connectivity index (χ4n) is 2.94. The van der Waals surface area contributed by atoms with Crippen molar-refractivity contribution in [1.82, 2.24) is 10.2 Å². The Balaban J connectivity index is 1.43. The highest BCUT2D eigenvalue weighted by Crippen LogP contribution is 2.15. The van der Waals surface area contributed by atoms with Crippen molar-refractivity contribution in [2.24, 2.45) is 0 Å². The molecule has 0 aliphatic carbocycles. The lowest BCUT2D eigenvalue weighted by Gasteiger charge is -2.17. The average molecular weight is 404 g/mol. The number of likely N-dealkylation sites (N-methyl/N-ethyl adjacent to an activating group) is 1. The number of hydrogen-bond acceptors (Lipinski definition) is 4. The number of nitrogens with zero attached hydrogens (tertiary/aromatic N) is 1. The zero-order chi connectivity index (χ0) is 21.5. The lowest BCUT2D eigenvalue weighted by atomic mass is 10.1. The second kappa shape index (κ2) is 9.69. The van der Waals surface area contributed by atoms with Gasteiger partial charge < -0.3 is 15.0 Å². The summed E-state index contributed by atoms with van der Waals surface area (Å²) in [5.74, 6) is -1.36. The van der Waals surface area contributed by atoms with Crippen LogP contribution in [0.4, 0.5) is 0 Å². The van der Waals surface area contributed by atoms with Gasteiger partial charge >= 0.3 is 5.97 Å². The molecule has 0 saturated carbocycles. The number of amides is 2. The normalized spacial score (nSPS) is 10.5. The largest absolute Gasteiger partial charge is 0.454 e. The monoisotopic (exact) mass is 404 g/mol. The molecule has 3 aromatic carbocycles. The first-order valence-corrected chi connectivity index (χ1v) is 9.64. The van der Waals surface area contributed by atoms with Gasteiger partial charge in [0.2, 0.25) is 0 Å². The van der Waals surface area contributed by atoms with Crippen molar-refractivity contribution in [3.05, 3.63) is 83.4 Å². The summed E-state index contributed by atoms with van der Waals surface area (Å²) in [7, 11) is 1.65.